The van der Waals surface area contributed by atoms with Gasteiger partial charge in [-0.05, 0) is 39.9 Å². The molecule has 0 atom stereocenters. The first-order valence-corrected chi connectivity index (χ1v) is 33.2. The monoisotopic (exact) mass is 1400 g/mol. The number of amidine groups is 4. The minimum atomic E-state index is -0.371. The summed E-state index contributed by atoms with van der Waals surface area (Å²) in [4.78, 5) is 153. The van der Waals surface area contributed by atoms with Gasteiger partial charge in [0.15, 0.2) is 11.2 Å². The molecule has 12 heterocycles. The molecule has 37 nitrogen and oxygen atoms in total. The molecule has 6 aromatic heterocycles. The van der Waals surface area contributed by atoms with E-state index in [0.29, 0.717) is 107 Å². The summed E-state index contributed by atoms with van der Waals surface area (Å²) in [5.74, 6) is 5.16. The lowest BCUT2D eigenvalue weighted by Crippen LogP contribution is -2.47. The maximum absolute atomic E-state index is 12.3. The van der Waals surface area contributed by atoms with Crippen molar-refractivity contribution in [1.29, 1.82) is 0 Å². The Hall–Kier alpha value is -9.69. The van der Waals surface area contributed by atoms with E-state index in [-0.39, 0.29) is 69.4 Å². The van der Waals surface area contributed by atoms with E-state index in [4.69, 9.17) is 14.6 Å². The molecule has 0 radical (unpaired) electrons. The van der Waals surface area contributed by atoms with Crippen molar-refractivity contribution in [3.05, 3.63) is 127 Å². The topological polar surface area (TPSA) is 398 Å². The van der Waals surface area contributed by atoms with Crippen LogP contribution in [0.3, 0.4) is 0 Å². The number of fused-ring (bicyclic) bond motifs is 5. The summed E-state index contributed by atoms with van der Waals surface area (Å²) in [5, 5.41) is 20.8. The summed E-state index contributed by atoms with van der Waals surface area (Å²) in [5.41, 5.74) is 0.600. The first kappa shape index (κ1) is 76.1. The van der Waals surface area contributed by atoms with Gasteiger partial charge in [-0.25, -0.2) is 24.0 Å². The van der Waals surface area contributed by atoms with Gasteiger partial charge in [-0.3, -0.25) is 99.4 Å². The van der Waals surface area contributed by atoms with Gasteiger partial charge >= 0.3 is 28.4 Å². The maximum Gasteiger partial charge on any atom is 0.332 e. The third-order valence-corrected chi connectivity index (χ3v) is 17.9. The number of aliphatic imine (C=N–C) groups is 4. The fourth-order valence-electron chi connectivity index (χ4n) is 11.9. The number of aromatic amines is 1. The van der Waals surface area contributed by atoms with Crippen molar-refractivity contribution in [3.8, 4) is 0 Å². The fourth-order valence-corrected chi connectivity index (χ4v) is 11.9. The molecule has 0 saturated carbocycles. The lowest BCUT2D eigenvalue weighted by Gasteiger charge is -2.34. The van der Waals surface area contributed by atoms with Crippen LogP contribution in [0.5, 0.6) is 0 Å². The molecule has 6 N–H and O–H groups in total. The zero-order chi connectivity index (χ0) is 73.0. The van der Waals surface area contributed by atoms with E-state index in [0.717, 1.165) is 145 Å². The van der Waals surface area contributed by atoms with Crippen LogP contribution in [-0.4, -0.2) is 232 Å². The molecule has 100 heavy (non-hydrogen) atoms. The van der Waals surface area contributed by atoms with Crippen molar-refractivity contribution in [2.45, 2.75) is 51.9 Å². The summed E-state index contributed by atoms with van der Waals surface area (Å²) < 4.78 is 23.1. The number of aromatic nitrogens is 12. The van der Waals surface area contributed by atoms with Crippen LogP contribution < -0.4 is 82.4 Å². The molecule has 37 heteroatoms. The number of aryl methyl sites for hydroxylation is 1. The van der Waals surface area contributed by atoms with Crippen LogP contribution in [-0.2, 0) is 106 Å². The number of anilines is 5. The Kier molecular flexibility index (Phi) is 25.8. The largest absolute Gasteiger partial charge is 0.394 e. The number of unbranched alkanes of at least 4 members (excludes halogenated alkanes) is 1. The minimum Gasteiger partial charge on any atom is -0.394 e. The molecule has 12 rings (SSSR count). The van der Waals surface area contributed by atoms with E-state index in [1.54, 1.807) is 42.3 Å². The third kappa shape index (κ3) is 17.1. The van der Waals surface area contributed by atoms with Gasteiger partial charge in [-0.2, -0.15) is 4.98 Å². The predicted molar refractivity (Wildman–Crippen MR) is 386 cm³/mol. The molecular weight excluding hydrogens is 1300 g/mol. The zero-order valence-electron chi connectivity index (χ0n) is 59.8. The van der Waals surface area contributed by atoms with Gasteiger partial charge in [0.2, 0.25) is 5.95 Å². The van der Waals surface area contributed by atoms with Crippen molar-refractivity contribution in [1.82, 2.24) is 70.3 Å². The molecule has 0 bridgehead atoms. The molecule has 0 spiro atoms. The number of piperazine rings is 1. The Morgan fingerprint density at radius 3 is 1.42 bits per heavy atom. The summed E-state index contributed by atoms with van der Waals surface area (Å²) in [6.07, 6.45) is 4.99. The average Bonchev–Trinajstić information content (AvgIpc) is 1.67. The van der Waals surface area contributed by atoms with Crippen LogP contribution in [0.25, 0.3) is 11.2 Å². The number of H-pyrrole nitrogens is 1. The SMILES string of the molecule is CCCN=C1Cc2c(n(C)c(=O)n(C)c2=O)N1.CN(C)CCN=C1Cc2c(c(=O)n(C)c(=O)n2C)N1.COCCCCN1CCN(c2nc3c([nH]2)c(=O)n(C)c(=O)n3C)CC1.Cn1c2c(c(=O)n(C)c1=O)CC(=NCCN1CCOCC1)N2.Cn1c2c(c(=O)n(C)c1=O)CC(=NCCO)N2. The van der Waals surface area contributed by atoms with Crippen LogP contribution >= 0.6 is 0 Å². The highest BCUT2D eigenvalue weighted by atomic mass is 16.5. The summed E-state index contributed by atoms with van der Waals surface area (Å²) >= 11 is 0. The first-order chi connectivity index (χ1) is 47.6. The van der Waals surface area contributed by atoms with E-state index in [1.807, 2.05) is 25.9 Å². The minimum absolute atomic E-state index is 0.0432. The van der Waals surface area contributed by atoms with E-state index >= 15 is 0 Å². The van der Waals surface area contributed by atoms with Gasteiger partial charge in [-0.15, -0.1) is 0 Å². The number of likely N-dealkylation sites (N-methyl/N-ethyl adjacent to an activating group) is 1. The molecule has 6 aliphatic heterocycles. The maximum atomic E-state index is 12.3. The smallest absolute Gasteiger partial charge is 0.332 e. The normalized spacial score (nSPS) is 16.9. The second-order valence-electron chi connectivity index (χ2n) is 25.1. The number of imidazole rings is 1. The number of rotatable bonds is 16. The zero-order valence-corrected chi connectivity index (χ0v) is 59.8. The molecule has 0 aromatic carbocycles. The number of aliphatic hydroxyl groups excluding tert-OH is 1. The highest BCUT2D eigenvalue weighted by Gasteiger charge is 2.29. The molecule has 2 fully saturated rings. The summed E-state index contributed by atoms with van der Waals surface area (Å²) in [6.45, 7) is 15.0. The average molecular weight is 1400 g/mol. The van der Waals surface area contributed by atoms with Gasteiger partial charge in [0.25, 0.3) is 27.8 Å². The predicted octanol–water partition coefficient (Wildman–Crippen LogP) is -4.39. The standard InChI is InChI=1S/C16H26N6O3.C14H21N5O3.C12H19N5O2.C11H16N4O2.C10H14N4O3/c1-19-13-12(14(23)20(2)16(19)24)17-15(18-13)22-9-7-21(8-10-22)6-4-5-11-25-3;1-17-12-10(13(20)18(2)14(17)21)9-11(16-12)15-3-4-19-5-7-22-8-6-19;1-15(2)6-5-13-9-7-8-10(14-9)11(18)17(4)12(19)16(8)3;1-4-5-12-8-6-7-9(13-8)14(2)11(17)15(3)10(7)16;1-13-8-6(9(16)14(2)10(13)17)5-7(12-8)11-3-4-15/h4-11H2,1-3H3,(H,17,18);3-9H2,1-2H3,(H,15,16);5-7H2,1-4H3,(H,13,14);4-6H2,1-3H3,(H,12,13);15H,3-5H2,1-2H3,(H,11,12). The van der Waals surface area contributed by atoms with E-state index in [2.05, 4.69) is 65.9 Å². The Morgan fingerprint density at radius 1 is 0.490 bits per heavy atom. The fraction of sp³-hybridized carbons (Fsp3) is 0.603. The van der Waals surface area contributed by atoms with E-state index in [1.165, 1.54) is 58.1 Å². The van der Waals surface area contributed by atoms with Gasteiger partial charge in [0.05, 0.1) is 61.8 Å². The number of nitrogens with one attached hydrogen (secondary N) is 5. The highest BCUT2D eigenvalue weighted by Crippen LogP contribution is 2.21. The van der Waals surface area contributed by atoms with Crippen LogP contribution in [0.15, 0.2) is 67.9 Å². The lowest BCUT2D eigenvalue weighted by molar-refractivity contribution is 0.0394. The lowest BCUT2D eigenvalue weighted by atomic mass is 10.2. The molecule has 546 valence electrons. The summed E-state index contributed by atoms with van der Waals surface area (Å²) in [7, 11) is 21.3. The number of aliphatic hydroxyl groups is 1. The van der Waals surface area contributed by atoms with Crippen LogP contribution in [0, 0.1) is 0 Å². The third-order valence-electron chi connectivity index (χ3n) is 17.9. The molecule has 6 aliphatic rings. The second kappa shape index (κ2) is 33.9. The Labute approximate surface area is 574 Å². The van der Waals surface area contributed by atoms with Gasteiger partial charge < -0.3 is 50.6 Å². The van der Waals surface area contributed by atoms with Crippen molar-refractivity contribution in [2.75, 3.05) is 159 Å². The van der Waals surface area contributed by atoms with Crippen molar-refractivity contribution in [3.63, 3.8) is 0 Å². The van der Waals surface area contributed by atoms with E-state index in [9.17, 15) is 47.9 Å². The molecule has 0 amide bonds. The summed E-state index contributed by atoms with van der Waals surface area (Å²) in [6, 6.07) is 0. The molecule has 6 aromatic rings. The number of morpholine rings is 1. The molecule has 0 unspecified atom stereocenters. The number of methoxy groups -OCH3 is 1. The van der Waals surface area contributed by atoms with E-state index < -0.39 is 0 Å². The number of hydrogen-bond acceptors (Lipinski definition) is 22. The molecule has 0 aliphatic carbocycles. The second-order valence-corrected chi connectivity index (χ2v) is 25.1. The number of nitrogens with zero attached hydrogens (tertiary/aromatic N) is 19. The van der Waals surface area contributed by atoms with Crippen molar-refractivity contribution >= 4 is 63.6 Å². The van der Waals surface area contributed by atoms with Gasteiger partial charge in [0, 0.05) is 169 Å². The number of ether oxygens (including phenoxy) is 2. The Morgan fingerprint density at radius 2 is 0.930 bits per heavy atom. The van der Waals surface area contributed by atoms with Crippen LogP contribution in [0.4, 0.5) is 29.1 Å². The number of hydrogen-bond donors (Lipinski definition) is 6. The van der Waals surface area contributed by atoms with Crippen molar-refractivity contribution < 1.29 is 14.6 Å². The van der Waals surface area contributed by atoms with Gasteiger partial charge in [-0.1, -0.05) is 6.92 Å². The van der Waals surface area contributed by atoms with Crippen molar-refractivity contribution in [2.24, 2.45) is 90.4 Å². The highest BCUT2D eigenvalue weighted by molar-refractivity contribution is 6.04. The molecule has 2 saturated heterocycles. The quantitative estimate of drug-likeness (QED) is 0.0498. The van der Waals surface area contributed by atoms with Crippen LogP contribution in [0.2, 0.25) is 0 Å². The molecular formula is C63H96N24O13. The Balaban J connectivity index is 0.000000160. The first-order valence-electron chi connectivity index (χ1n) is 33.2. The van der Waals surface area contributed by atoms with Crippen LogP contribution in [0.1, 0.15) is 48.6 Å². The Bertz CT molecular complexity index is 4650. The van der Waals surface area contributed by atoms with Gasteiger partial charge in [0.1, 0.15) is 46.5 Å².